The number of nitrogens with zero attached hydrogens (tertiary/aromatic N) is 4. The molecule has 5 rings (SSSR count). The molecule has 156 valence electrons. The topological polar surface area (TPSA) is 49.3 Å². The second-order valence-electron chi connectivity index (χ2n) is 8.44. The third-order valence-electron chi connectivity index (χ3n) is 6.35. The number of hydrogen-bond donors (Lipinski definition) is 0. The molecule has 0 atom stereocenters. The fourth-order valence-corrected chi connectivity index (χ4v) is 5.78. The number of aryl methyl sites for hydroxylation is 1. The number of rotatable bonds is 3. The number of thiophene rings is 1. The first-order valence-corrected chi connectivity index (χ1v) is 11.9. The fourth-order valence-electron chi connectivity index (χ4n) is 4.71. The van der Waals surface area contributed by atoms with Crippen LogP contribution in [0.2, 0.25) is 0 Å². The quantitative estimate of drug-likeness (QED) is 0.605. The van der Waals surface area contributed by atoms with Crippen LogP contribution >= 0.6 is 11.3 Å². The molecule has 0 bridgehead atoms. The molecular weight excluding hydrogens is 392 g/mol. The fraction of sp³-hybridized carbons (Fsp3) is 0.458. The molecule has 0 unspecified atom stereocenters. The van der Waals surface area contributed by atoms with Gasteiger partial charge in [0, 0.05) is 37.0 Å². The smallest absolute Gasteiger partial charge is 0.225 e. The first kappa shape index (κ1) is 19.5. The van der Waals surface area contributed by atoms with Gasteiger partial charge >= 0.3 is 0 Å². The average Bonchev–Trinajstić information content (AvgIpc) is 3.23. The van der Waals surface area contributed by atoms with Crippen molar-refractivity contribution in [1.29, 1.82) is 0 Å². The summed E-state index contributed by atoms with van der Waals surface area (Å²) in [6.07, 6.45) is 5.40. The summed E-state index contributed by atoms with van der Waals surface area (Å²) in [7, 11) is 0. The molecule has 1 amide bonds. The van der Waals surface area contributed by atoms with Gasteiger partial charge in [-0.15, -0.1) is 11.3 Å². The highest BCUT2D eigenvalue weighted by Gasteiger charge is 2.30. The van der Waals surface area contributed by atoms with E-state index in [1.54, 1.807) is 11.3 Å². The number of aromatic nitrogens is 2. The van der Waals surface area contributed by atoms with E-state index in [4.69, 9.17) is 9.97 Å². The Balaban J connectivity index is 1.36. The molecule has 0 radical (unpaired) electrons. The Morgan fingerprint density at radius 2 is 1.73 bits per heavy atom. The van der Waals surface area contributed by atoms with Gasteiger partial charge in [-0.2, -0.15) is 0 Å². The molecule has 1 aromatic carbocycles. The highest BCUT2D eigenvalue weighted by molar-refractivity contribution is 7.21. The average molecular weight is 421 g/mol. The number of fused-ring (bicyclic) bond motifs is 1. The van der Waals surface area contributed by atoms with Gasteiger partial charge in [-0.05, 0) is 50.7 Å². The predicted octanol–water partition coefficient (Wildman–Crippen LogP) is 4.90. The number of hydrogen-bond acceptors (Lipinski definition) is 5. The van der Waals surface area contributed by atoms with Crippen molar-refractivity contribution in [3.8, 4) is 10.4 Å². The summed E-state index contributed by atoms with van der Waals surface area (Å²) >= 11 is 1.73. The Hall–Kier alpha value is -2.47. The number of anilines is 1. The molecule has 4 heterocycles. The molecule has 0 saturated carbocycles. The van der Waals surface area contributed by atoms with Crippen LogP contribution in [0, 0.1) is 12.8 Å². The van der Waals surface area contributed by atoms with Crippen LogP contribution < -0.4 is 4.90 Å². The Bertz CT molecular complexity index is 1030. The number of piperidine rings is 2. The molecule has 2 saturated heterocycles. The molecule has 0 N–H and O–H groups in total. The normalized spacial score (nSPS) is 18.2. The van der Waals surface area contributed by atoms with Crippen LogP contribution in [0.5, 0.6) is 0 Å². The lowest BCUT2D eigenvalue weighted by Gasteiger charge is -2.36. The molecule has 30 heavy (non-hydrogen) atoms. The zero-order valence-electron chi connectivity index (χ0n) is 17.5. The van der Waals surface area contributed by atoms with Gasteiger partial charge in [-0.3, -0.25) is 4.79 Å². The van der Waals surface area contributed by atoms with E-state index in [1.807, 2.05) is 13.0 Å². The number of benzene rings is 1. The van der Waals surface area contributed by atoms with Crippen LogP contribution in [0.15, 0.2) is 36.4 Å². The summed E-state index contributed by atoms with van der Waals surface area (Å²) in [5.41, 5.74) is 1.22. The highest BCUT2D eigenvalue weighted by atomic mass is 32.1. The van der Waals surface area contributed by atoms with Crippen LogP contribution in [0.1, 0.15) is 37.9 Å². The third-order valence-corrected chi connectivity index (χ3v) is 7.43. The van der Waals surface area contributed by atoms with Gasteiger partial charge in [0.25, 0.3) is 0 Å². The summed E-state index contributed by atoms with van der Waals surface area (Å²) in [4.78, 5) is 29.2. The van der Waals surface area contributed by atoms with E-state index in [0.717, 1.165) is 73.7 Å². The summed E-state index contributed by atoms with van der Waals surface area (Å²) in [5, 5.41) is 1.13. The molecule has 5 nitrogen and oxygen atoms in total. The second-order valence-corrected chi connectivity index (χ2v) is 9.47. The lowest BCUT2D eigenvalue weighted by molar-refractivity contribution is -0.137. The number of carbonyl (C=O) groups is 1. The molecule has 2 fully saturated rings. The maximum absolute atomic E-state index is 12.9. The largest absolute Gasteiger partial charge is 0.356 e. The van der Waals surface area contributed by atoms with E-state index in [0.29, 0.717) is 5.91 Å². The van der Waals surface area contributed by atoms with Gasteiger partial charge in [0.2, 0.25) is 5.91 Å². The number of carbonyl (C=O) groups excluding carboxylic acids is 1. The molecule has 2 aromatic heterocycles. The predicted molar refractivity (Wildman–Crippen MR) is 123 cm³/mol. The lowest BCUT2D eigenvalue weighted by Crippen LogP contribution is -2.44. The van der Waals surface area contributed by atoms with Gasteiger partial charge in [-0.25, -0.2) is 9.97 Å². The molecule has 0 spiro atoms. The zero-order valence-corrected chi connectivity index (χ0v) is 18.3. The van der Waals surface area contributed by atoms with Gasteiger partial charge in [0.1, 0.15) is 16.5 Å². The van der Waals surface area contributed by atoms with Crippen LogP contribution in [-0.4, -0.2) is 47.0 Å². The zero-order chi connectivity index (χ0) is 20.5. The lowest BCUT2D eigenvalue weighted by atomic mass is 9.94. The van der Waals surface area contributed by atoms with Gasteiger partial charge in [0.15, 0.2) is 0 Å². The van der Waals surface area contributed by atoms with E-state index in [2.05, 4.69) is 40.1 Å². The van der Waals surface area contributed by atoms with Gasteiger partial charge in [-0.1, -0.05) is 30.3 Å². The van der Waals surface area contributed by atoms with Crippen LogP contribution in [0.3, 0.4) is 0 Å². The Morgan fingerprint density at radius 1 is 1.00 bits per heavy atom. The minimum Gasteiger partial charge on any atom is -0.356 e. The molecule has 2 aliphatic heterocycles. The molecule has 3 aromatic rings. The molecular formula is C24H28N4OS. The number of likely N-dealkylation sites (tertiary alicyclic amines) is 1. The third kappa shape index (κ3) is 3.81. The minimum absolute atomic E-state index is 0.167. The van der Waals surface area contributed by atoms with Crippen molar-refractivity contribution in [3.63, 3.8) is 0 Å². The first-order chi connectivity index (χ1) is 14.7. The highest BCUT2D eigenvalue weighted by Crippen LogP contribution is 2.37. The Labute approximate surface area is 181 Å². The summed E-state index contributed by atoms with van der Waals surface area (Å²) in [6.45, 7) is 5.62. The second kappa shape index (κ2) is 8.34. The van der Waals surface area contributed by atoms with Gasteiger partial charge < -0.3 is 9.80 Å². The monoisotopic (exact) mass is 420 g/mol. The maximum atomic E-state index is 12.9. The van der Waals surface area contributed by atoms with E-state index in [9.17, 15) is 4.79 Å². The first-order valence-electron chi connectivity index (χ1n) is 11.1. The van der Waals surface area contributed by atoms with Crippen molar-refractivity contribution in [3.05, 3.63) is 42.2 Å². The van der Waals surface area contributed by atoms with Crippen molar-refractivity contribution in [1.82, 2.24) is 14.9 Å². The summed E-state index contributed by atoms with van der Waals surface area (Å²) < 4.78 is 0. The molecule has 6 heteroatoms. The van der Waals surface area contributed by atoms with Crippen LogP contribution in [0.25, 0.3) is 20.7 Å². The van der Waals surface area contributed by atoms with Crippen molar-refractivity contribution in [2.45, 2.75) is 39.0 Å². The van der Waals surface area contributed by atoms with Crippen molar-refractivity contribution < 1.29 is 4.79 Å². The number of amides is 1. The van der Waals surface area contributed by atoms with E-state index in [-0.39, 0.29) is 5.92 Å². The summed E-state index contributed by atoms with van der Waals surface area (Å²) in [5.74, 6) is 2.38. The summed E-state index contributed by atoms with van der Waals surface area (Å²) in [6, 6.07) is 12.7. The van der Waals surface area contributed by atoms with Crippen LogP contribution in [-0.2, 0) is 4.79 Å². The van der Waals surface area contributed by atoms with E-state index in [1.165, 1.54) is 16.9 Å². The van der Waals surface area contributed by atoms with Gasteiger partial charge in [0.05, 0.1) is 5.39 Å². The minimum atomic E-state index is 0.167. The Morgan fingerprint density at radius 3 is 2.47 bits per heavy atom. The molecule has 0 aliphatic carbocycles. The van der Waals surface area contributed by atoms with Crippen molar-refractivity contribution in [2.75, 3.05) is 31.1 Å². The standard InChI is InChI=1S/C24H28N4OS/c1-17-25-22(20-16-21(30-23(20)26-17)18-8-4-2-5-9-18)27-14-10-19(11-15-27)24(29)28-12-6-3-7-13-28/h2,4-5,8-9,16,19H,3,6-7,10-15H2,1H3. The SMILES string of the molecule is Cc1nc(N2CCC(C(=O)N3CCCCC3)CC2)c2cc(-c3ccccc3)sc2n1. The van der Waals surface area contributed by atoms with Crippen molar-refractivity contribution >= 4 is 33.3 Å². The van der Waals surface area contributed by atoms with Crippen LogP contribution in [0.4, 0.5) is 5.82 Å². The maximum Gasteiger partial charge on any atom is 0.225 e. The van der Waals surface area contributed by atoms with E-state index < -0.39 is 0 Å². The van der Waals surface area contributed by atoms with Crippen molar-refractivity contribution in [2.24, 2.45) is 5.92 Å². The Kier molecular flexibility index (Phi) is 5.42. The van der Waals surface area contributed by atoms with E-state index >= 15 is 0 Å². The molecule has 2 aliphatic rings.